The molecule has 1 rings (SSSR count). The van der Waals surface area contributed by atoms with E-state index in [1.807, 2.05) is 36.4 Å². The lowest BCUT2D eigenvalue weighted by Gasteiger charge is -1.95. The molecule has 1 aromatic rings. The van der Waals surface area contributed by atoms with Gasteiger partial charge < -0.3 is 0 Å². The normalized spacial score (nSPS) is 9.91. The number of hydrogen-bond donors (Lipinski definition) is 0. The van der Waals surface area contributed by atoms with Gasteiger partial charge in [0.05, 0.1) is 0 Å². The van der Waals surface area contributed by atoms with Gasteiger partial charge in [-0.1, -0.05) is 88.8 Å². The van der Waals surface area contributed by atoms with E-state index in [0.29, 0.717) is 13.2 Å². The van der Waals surface area contributed by atoms with E-state index in [1.54, 1.807) is 0 Å². The molecule has 0 aliphatic heterocycles. The molecule has 0 saturated carbocycles. The predicted octanol–water partition coefficient (Wildman–Crippen LogP) is 6.52. The zero-order valence-electron chi connectivity index (χ0n) is 14.2. The smallest absolute Gasteiger partial charge is 0.119 e. The standard InChI is InChI=1S/C12H26O3P.C6H6/c1-3-5-7-9-11-14-16(13)15-12-10-8-6-4-2;1-2-4-6-5-3-1/h3-12H2,1-2H3;1-6H/q+1;. The molecule has 1 aromatic carbocycles. The summed E-state index contributed by atoms with van der Waals surface area (Å²) in [5, 5.41) is 0. The van der Waals surface area contributed by atoms with Gasteiger partial charge in [-0.25, -0.2) is 0 Å². The van der Waals surface area contributed by atoms with Crippen molar-refractivity contribution in [3.63, 3.8) is 0 Å². The first-order valence-electron chi connectivity index (χ1n) is 8.54. The van der Waals surface area contributed by atoms with E-state index in [9.17, 15) is 4.57 Å². The molecule has 0 unspecified atom stereocenters. The van der Waals surface area contributed by atoms with Crippen LogP contribution in [0.15, 0.2) is 36.4 Å². The van der Waals surface area contributed by atoms with Gasteiger partial charge in [-0.05, 0) is 12.8 Å². The second-order valence-electron chi connectivity index (χ2n) is 5.17. The molecule has 126 valence electrons. The van der Waals surface area contributed by atoms with Crippen LogP contribution in [0.2, 0.25) is 0 Å². The minimum Gasteiger partial charge on any atom is -0.119 e. The van der Waals surface area contributed by atoms with E-state index in [0.717, 1.165) is 25.7 Å². The average Bonchev–Trinajstić information content (AvgIpc) is 2.57. The number of benzene rings is 1. The van der Waals surface area contributed by atoms with Crippen LogP contribution in [0.4, 0.5) is 0 Å². The van der Waals surface area contributed by atoms with Gasteiger partial charge in [0.1, 0.15) is 13.2 Å². The highest BCUT2D eigenvalue weighted by Crippen LogP contribution is 2.24. The van der Waals surface area contributed by atoms with Crippen LogP contribution < -0.4 is 0 Å². The third kappa shape index (κ3) is 17.3. The van der Waals surface area contributed by atoms with E-state index < -0.39 is 8.25 Å². The Kier molecular flexibility index (Phi) is 17.7. The number of unbranched alkanes of at least 4 members (excludes halogenated alkanes) is 6. The molecule has 0 amide bonds. The molecular formula is C18H32O3P+. The summed E-state index contributed by atoms with van der Waals surface area (Å²) in [5.74, 6) is 0. The molecule has 0 heterocycles. The summed E-state index contributed by atoms with van der Waals surface area (Å²) in [6, 6.07) is 12.0. The van der Waals surface area contributed by atoms with Crippen molar-refractivity contribution in [2.75, 3.05) is 13.2 Å². The van der Waals surface area contributed by atoms with Crippen molar-refractivity contribution in [1.29, 1.82) is 0 Å². The van der Waals surface area contributed by atoms with Gasteiger partial charge in [-0.2, -0.15) is 0 Å². The second kappa shape index (κ2) is 18.3. The maximum absolute atomic E-state index is 11.2. The fourth-order valence-corrected chi connectivity index (χ4v) is 2.39. The number of rotatable bonds is 12. The monoisotopic (exact) mass is 327 g/mol. The van der Waals surface area contributed by atoms with Crippen LogP contribution in [0.3, 0.4) is 0 Å². The lowest BCUT2D eigenvalue weighted by Crippen LogP contribution is -1.91. The third-order valence-electron chi connectivity index (χ3n) is 3.06. The van der Waals surface area contributed by atoms with Crippen LogP contribution in [0, 0.1) is 0 Å². The third-order valence-corrected chi connectivity index (χ3v) is 3.84. The quantitative estimate of drug-likeness (QED) is 0.323. The molecular weight excluding hydrogens is 295 g/mol. The minimum absolute atomic E-state index is 0.560. The van der Waals surface area contributed by atoms with E-state index in [-0.39, 0.29) is 0 Å². The maximum Gasteiger partial charge on any atom is 0.697 e. The molecule has 3 nitrogen and oxygen atoms in total. The van der Waals surface area contributed by atoms with Crippen molar-refractivity contribution in [3.8, 4) is 0 Å². The minimum atomic E-state index is -1.87. The highest BCUT2D eigenvalue weighted by molar-refractivity contribution is 7.33. The van der Waals surface area contributed by atoms with E-state index >= 15 is 0 Å². The van der Waals surface area contributed by atoms with Crippen LogP contribution in [0.1, 0.15) is 65.2 Å². The van der Waals surface area contributed by atoms with Crippen molar-refractivity contribution in [2.24, 2.45) is 0 Å². The molecule has 0 atom stereocenters. The molecule has 0 radical (unpaired) electrons. The topological polar surface area (TPSA) is 35.5 Å². The Morgan fingerprint density at radius 3 is 1.32 bits per heavy atom. The summed E-state index contributed by atoms with van der Waals surface area (Å²) in [5.41, 5.74) is 0. The highest BCUT2D eigenvalue weighted by atomic mass is 31.1. The summed E-state index contributed by atoms with van der Waals surface area (Å²) in [6.45, 7) is 5.45. The molecule has 0 saturated heterocycles. The lowest BCUT2D eigenvalue weighted by molar-refractivity contribution is 0.218. The van der Waals surface area contributed by atoms with E-state index in [1.165, 1.54) is 25.7 Å². The fraction of sp³-hybridized carbons (Fsp3) is 0.667. The van der Waals surface area contributed by atoms with Crippen molar-refractivity contribution in [2.45, 2.75) is 65.2 Å². The van der Waals surface area contributed by atoms with Crippen LogP contribution in [-0.2, 0) is 13.6 Å². The summed E-state index contributed by atoms with van der Waals surface area (Å²) in [6.07, 6.45) is 9.12. The Hall–Kier alpha value is -0.760. The Bertz CT molecular complexity index is 288. The van der Waals surface area contributed by atoms with Crippen molar-refractivity contribution < 1.29 is 13.6 Å². The van der Waals surface area contributed by atoms with Crippen LogP contribution >= 0.6 is 8.25 Å². The fourth-order valence-electron chi connectivity index (χ4n) is 1.76. The van der Waals surface area contributed by atoms with Gasteiger partial charge in [0.15, 0.2) is 0 Å². The van der Waals surface area contributed by atoms with Gasteiger partial charge in [-0.3, -0.25) is 0 Å². The first kappa shape index (κ1) is 21.2. The van der Waals surface area contributed by atoms with Crippen LogP contribution in [0.5, 0.6) is 0 Å². The Morgan fingerprint density at radius 1 is 0.636 bits per heavy atom. The second-order valence-corrected chi connectivity index (χ2v) is 6.13. The van der Waals surface area contributed by atoms with Crippen molar-refractivity contribution >= 4 is 8.25 Å². The zero-order chi connectivity index (χ0) is 16.3. The number of hydrogen-bond acceptors (Lipinski definition) is 3. The van der Waals surface area contributed by atoms with Gasteiger partial charge in [0, 0.05) is 4.57 Å². The molecule has 0 aliphatic rings. The molecule has 0 aliphatic carbocycles. The Morgan fingerprint density at radius 2 is 1.00 bits per heavy atom. The Balaban J connectivity index is 0.000000604. The van der Waals surface area contributed by atoms with Crippen LogP contribution in [0.25, 0.3) is 0 Å². The highest BCUT2D eigenvalue weighted by Gasteiger charge is 2.18. The van der Waals surface area contributed by atoms with Crippen LogP contribution in [-0.4, -0.2) is 13.2 Å². The average molecular weight is 327 g/mol. The molecule has 4 heteroatoms. The summed E-state index contributed by atoms with van der Waals surface area (Å²) >= 11 is 0. The zero-order valence-corrected chi connectivity index (χ0v) is 15.1. The molecule has 0 spiro atoms. The van der Waals surface area contributed by atoms with Crippen molar-refractivity contribution in [3.05, 3.63) is 36.4 Å². The molecule has 0 aromatic heterocycles. The summed E-state index contributed by atoms with van der Waals surface area (Å²) < 4.78 is 21.4. The lowest BCUT2D eigenvalue weighted by atomic mass is 10.2. The van der Waals surface area contributed by atoms with Gasteiger partial charge >= 0.3 is 8.25 Å². The molecule has 0 bridgehead atoms. The van der Waals surface area contributed by atoms with Gasteiger partial charge in [0.25, 0.3) is 0 Å². The van der Waals surface area contributed by atoms with E-state index in [2.05, 4.69) is 13.8 Å². The van der Waals surface area contributed by atoms with Crippen molar-refractivity contribution in [1.82, 2.24) is 0 Å². The maximum atomic E-state index is 11.2. The first-order valence-corrected chi connectivity index (χ1v) is 9.63. The molecule has 0 N–H and O–H groups in total. The van der Waals surface area contributed by atoms with E-state index in [4.69, 9.17) is 9.05 Å². The summed E-state index contributed by atoms with van der Waals surface area (Å²) in [4.78, 5) is 0. The van der Waals surface area contributed by atoms with Gasteiger partial charge in [-0.15, -0.1) is 9.05 Å². The largest absolute Gasteiger partial charge is 0.697 e. The predicted molar refractivity (Wildman–Crippen MR) is 94.2 cm³/mol. The molecule has 0 fully saturated rings. The van der Waals surface area contributed by atoms with Gasteiger partial charge in [0.2, 0.25) is 0 Å². The summed E-state index contributed by atoms with van der Waals surface area (Å²) in [7, 11) is -1.87. The Labute approximate surface area is 137 Å². The first-order chi connectivity index (χ1) is 10.8. The molecule has 22 heavy (non-hydrogen) atoms. The SMILES string of the molecule is CCCCCCO[P+](=O)OCCCCCC.c1ccccc1.